The maximum Gasteiger partial charge on any atom is 0.416 e. The summed E-state index contributed by atoms with van der Waals surface area (Å²) in [5.74, 6) is 0.0606. The topological polar surface area (TPSA) is 59.5 Å². The van der Waals surface area contributed by atoms with Crippen molar-refractivity contribution in [3.8, 4) is 11.1 Å². The first-order valence-electron chi connectivity index (χ1n) is 9.75. The number of amides is 1. The molecule has 2 heterocycles. The molecule has 0 N–H and O–H groups in total. The Kier molecular flexibility index (Phi) is 5.31. The summed E-state index contributed by atoms with van der Waals surface area (Å²) in [7, 11) is 0. The average Bonchev–Trinajstić information content (AvgIpc) is 2.75. The fourth-order valence-electron chi connectivity index (χ4n) is 3.71. The van der Waals surface area contributed by atoms with E-state index in [1.54, 1.807) is 12.1 Å². The van der Waals surface area contributed by atoms with Crippen LogP contribution in [0.3, 0.4) is 0 Å². The van der Waals surface area contributed by atoms with E-state index in [1.807, 2.05) is 44.2 Å². The molecule has 0 atom stereocenters. The SMILES string of the molecule is CC(C)c1nc2c(c(-c3ccc(F)cc3)c1C=O)COC(=O)N2Cc1ccccc1. The van der Waals surface area contributed by atoms with Gasteiger partial charge in [0.25, 0.3) is 0 Å². The van der Waals surface area contributed by atoms with Gasteiger partial charge in [0.2, 0.25) is 0 Å². The maximum atomic E-state index is 13.5. The highest BCUT2D eigenvalue weighted by Gasteiger charge is 2.32. The Hall–Kier alpha value is -3.54. The molecular weight excluding hydrogens is 383 g/mol. The van der Waals surface area contributed by atoms with Gasteiger partial charge in [0.1, 0.15) is 18.2 Å². The summed E-state index contributed by atoms with van der Waals surface area (Å²) in [4.78, 5) is 30.9. The molecule has 5 nitrogen and oxygen atoms in total. The minimum Gasteiger partial charge on any atom is -0.444 e. The third-order valence-corrected chi connectivity index (χ3v) is 5.14. The fraction of sp³-hybridized carbons (Fsp3) is 0.208. The minimum absolute atomic E-state index is 0.00161. The predicted octanol–water partition coefficient (Wildman–Crippen LogP) is 5.48. The van der Waals surface area contributed by atoms with Crippen LogP contribution in [-0.4, -0.2) is 17.4 Å². The summed E-state index contributed by atoms with van der Waals surface area (Å²) >= 11 is 0. The first-order chi connectivity index (χ1) is 14.5. The van der Waals surface area contributed by atoms with Crippen molar-refractivity contribution in [2.24, 2.45) is 0 Å². The molecule has 30 heavy (non-hydrogen) atoms. The molecule has 1 amide bonds. The highest BCUT2D eigenvalue weighted by Crippen LogP contribution is 2.39. The first-order valence-corrected chi connectivity index (χ1v) is 9.75. The number of benzene rings is 2. The molecule has 0 fully saturated rings. The molecule has 4 rings (SSSR count). The van der Waals surface area contributed by atoms with Gasteiger partial charge in [-0.25, -0.2) is 14.2 Å². The minimum atomic E-state index is -0.488. The Bertz CT molecular complexity index is 1100. The fourth-order valence-corrected chi connectivity index (χ4v) is 3.71. The Labute approximate surface area is 174 Å². The zero-order valence-electron chi connectivity index (χ0n) is 16.8. The number of nitrogens with zero attached hydrogens (tertiary/aromatic N) is 2. The van der Waals surface area contributed by atoms with E-state index in [2.05, 4.69) is 0 Å². The van der Waals surface area contributed by atoms with E-state index in [9.17, 15) is 14.0 Å². The van der Waals surface area contributed by atoms with Crippen LogP contribution in [0.15, 0.2) is 54.6 Å². The molecule has 3 aromatic rings. The lowest BCUT2D eigenvalue weighted by molar-refractivity contribution is 0.112. The quantitative estimate of drug-likeness (QED) is 0.528. The smallest absolute Gasteiger partial charge is 0.416 e. The maximum absolute atomic E-state index is 13.5. The lowest BCUT2D eigenvalue weighted by Gasteiger charge is -2.31. The van der Waals surface area contributed by atoms with Crippen LogP contribution in [0.1, 0.15) is 46.9 Å². The lowest BCUT2D eigenvalue weighted by Crippen LogP contribution is -2.37. The van der Waals surface area contributed by atoms with Gasteiger partial charge >= 0.3 is 6.09 Å². The summed E-state index contributed by atoms with van der Waals surface area (Å²) in [6.45, 7) is 4.18. The number of cyclic esters (lactones) is 1. The van der Waals surface area contributed by atoms with E-state index in [1.165, 1.54) is 17.0 Å². The number of hydrogen-bond acceptors (Lipinski definition) is 4. The first kappa shape index (κ1) is 19.8. The van der Waals surface area contributed by atoms with Crippen molar-refractivity contribution in [2.75, 3.05) is 4.90 Å². The molecule has 1 aliphatic heterocycles. The number of aromatic nitrogens is 1. The number of carbonyl (C=O) groups is 2. The van der Waals surface area contributed by atoms with Gasteiger partial charge in [-0.3, -0.25) is 9.69 Å². The highest BCUT2D eigenvalue weighted by molar-refractivity contribution is 5.97. The zero-order chi connectivity index (χ0) is 21.3. The van der Waals surface area contributed by atoms with Crippen LogP contribution >= 0.6 is 0 Å². The largest absolute Gasteiger partial charge is 0.444 e. The van der Waals surface area contributed by atoms with Gasteiger partial charge in [-0.05, 0) is 29.2 Å². The predicted molar refractivity (Wildman–Crippen MR) is 112 cm³/mol. The van der Waals surface area contributed by atoms with Crippen LogP contribution in [0.25, 0.3) is 11.1 Å². The van der Waals surface area contributed by atoms with Gasteiger partial charge in [0.15, 0.2) is 6.29 Å². The van der Waals surface area contributed by atoms with Crippen molar-refractivity contribution in [3.63, 3.8) is 0 Å². The van der Waals surface area contributed by atoms with E-state index >= 15 is 0 Å². The number of carbonyl (C=O) groups excluding carboxylic acids is 2. The number of anilines is 1. The Morgan fingerprint density at radius 2 is 1.83 bits per heavy atom. The second-order valence-corrected chi connectivity index (χ2v) is 7.49. The third kappa shape index (κ3) is 3.56. The lowest BCUT2D eigenvalue weighted by atomic mass is 9.90. The normalized spacial score (nSPS) is 13.2. The number of pyridine rings is 1. The molecule has 152 valence electrons. The highest BCUT2D eigenvalue weighted by atomic mass is 19.1. The van der Waals surface area contributed by atoms with E-state index in [0.29, 0.717) is 40.3 Å². The van der Waals surface area contributed by atoms with Gasteiger partial charge in [-0.2, -0.15) is 0 Å². The molecule has 0 spiro atoms. The van der Waals surface area contributed by atoms with Crippen molar-refractivity contribution in [2.45, 2.75) is 32.9 Å². The molecule has 2 aromatic carbocycles. The average molecular weight is 404 g/mol. The van der Waals surface area contributed by atoms with E-state index in [-0.39, 0.29) is 18.3 Å². The number of hydrogen-bond donors (Lipinski definition) is 0. The Balaban J connectivity index is 1.95. The molecule has 0 bridgehead atoms. The molecule has 0 unspecified atom stereocenters. The summed E-state index contributed by atoms with van der Waals surface area (Å²) in [6.07, 6.45) is 0.289. The van der Waals surface area contributed by atoms with Gasteiger partial charge in [0.05, 0.1) is 12.2 Å². The van der Waals surface area contributed by atoms with Crippen molar-refractivity contribution in [1.29, 1.82) is 0 Å². The molecule has 1 aromatic heterocycles. The Morgan fingerprint density at radius 3 is 2.47 bits per heavy atom. The van der Waals surface area contributed by atoms with Crippen LogP contribution in [0, 0.1) is 5.82 Å². The van der Waals surface area contributed by atoms with Gasteiger partial charge in [0, 0.05) is 16.7 Å². The van der Waals surface area contributed by atoms with Crippen molar-refractivity contribution in [1.82, 2.24) is 4.98 Å². The third-order valence-electron chi connectivity index (χ3n) is 5.14. The van der Waals surface area contributed by atoms with Crippen molar-refractivity contribution < 1.29 is 18.7 Å². The molecular formula is C24H21FN2O3. The summed E-state index contributed by atoms with van der Waals surface area (Å²) in [5.41, 5.74) is 3.91. The molecule has 1 aliphatic rings. The molecule has 0 radical (unpaired) electrons. The van der Waals surface area contributed by atoms with Crippen LogP contribution in [0.2, 0.25) is 0 Å². The van der Waals surface area contributed by atoms with E-state index < -0.39 is 6.09 Å². The number of rotatable bonds is 5. The summed E-state index contributed by atoms with van der Waals surface area (Å²) in [6, 6.07) is 15.5. The van der Waals surface area contributed by atoms with E-state index in [4.69, 9.17) is 9.72 Å². The number of ether oxygens (including phenoxy) is 1. The molecule has 0 saturated heterocycles. The van der Waals surface area contributed by atoms with Gasteiger partial charge < -0.3 is 4.74 Å². The standard InChI is InChI=1S/C24H21FN2O3/c1-15(2)22-19(13-28)21(17-8-10-18(25)11-9-17)20-14-30-24(29)27(23(20)26-22)12-16-6-4-3-5-7-16/h3-11,13,15H,12,14H2,1-2H3. The molecule has 0 saturated carbocycles. The summed E-state index contributed by atoms with van der Waals surface area (Å²) < 4.78 is 19.0. The molecule has 0 aliphatic carbocycles. The molecule has 6 heteroatoms. The number of fused-ring (bicyclic) bond motifs is 1. The van der Waals surface area contributed by atoms with Crippen LogP contribution in [0.4, 0.5) is 15.0 Å². The number of aldehydes is 1. The van der Waals surface area contributed by atoms with E-state index in [0.717, 1.165) is 11.8 Å². The zero-order valence-corrected chi connectivity index (χ0v) is 16.8. The van der Waals surface area contributed by atoms with Crippen LogP contribution < -0.4 is 4.90 Å². The second-order valence-electron chi connectivity index (χ2n) is 7.49. The number of halogens is 1. The van der Waals surface area contributed by atoms with Crippen molar-refractivity contribution >= 4 is 18.2 Å². The summed E-state index contributed by atoms with van der Waals surface area (Å²) in [5, 5.41) is 0. The van der Waals surface area contributed by atoms with Gasteiger partial charge in [-0.15, -0.1) is 0 Å². The second kappa shape index (κ2) is 8.06. The van der Waals surface area contributed by atoms with Crippen molar-refractivity contribution in [3.05, 3.63) is 82.8 Å². The Morgan fingerprint density at radius 1 is 1.13 bits per heavy atom. The van der Waals surface area contributed by atoms with Crippen LogP contribution in [-0.2, 0) is 17.9 Å². The van der Waals surface area contributed by atoms with Crippen LogP contribution in [0.5, 0.6) is 0 Å². The van der Waals surface area contributed by atoms with Gasteiger partial charge in [-0.1, -0.05) is 56.3 Å². The monoisotopic (exact) mass is 404 g/mol.